The molecule has 0 aliphatic heterocycles. The highest BCUT2D eigenvalue weighted by Crippen LogP contribution is 2.55. The van der Waals surface area contributed by atoms with E-state index in [-0.39, 0.29) is 29.7 Å². The van der Waals surface area contributed by atoms with Crippen molar-refractivity contribution < 1.29 is 9.90 Å². The zero-order valence-electron chi connectivity index (χ0n) is 10.7. The van der Waals surface area contributed by atoms with Crippen molar-refractivity contribution in [1.82, 2.24) is 5.32 Å². The number of carbonyl (C=O) groups is 1. The third-order valence-corrected chi connectivity index (χ3v) is 5.53. The number of fused-ring (bicyclic) bond motifs is 1. The average Bonchev–Trinajstić information content (AvgIpc) is 3.04. The molecule has 3 nitrogen and oxygen atoms in total. The van der Waals surface area contributed by atoms with Crippen LogP contribution in [0.2, 0.25) is 0 Å². The molecule has 1 amide bonds. The van der Waals surface area contributed by atoms with Crippen LogP contribution in [-0.4, -0.2) is 35.2 Å². The smallest absolute Gasteiger partial charge is 0.223 e. The molecule has 0 saturated heterocycles. The number of aliphatic hydroxyl groups is 1. The van der Waals surface area contributed by atoms with E-state index in [1.54, 1.807) is 11.8 Å². The second-order valence-corrected chi connectivity index (χ2v) is 6.47. The first kappa shape index (κ1) is 13.2. The van der Waals surface area contributed by atoms with Gasteiger partial charge in [0.1, 0.15) is 0 Å². The number of hydrogen-bond acceptors (Lipinski definition) is 3. The Morgan fingerprint density at radius 2 is 2.00 bits per heavy atom. The van der Waals surface area contributed by atoms with Gasteiger partial charge in [0.05, 0.1) is 6.61 Å². The topological polar surface area (TPSA) is 49.3 Å². The highest BCUT2D eigenvalue weighted by atomic mass is 32.2. The van der Waals surface area contributed by atoms with Crippen molar-refractivity contribution in [2.75, 3.05) is 12.9 Å². The normalized spacial score (nSPS) is 34.6. The van der Waals surface area contributed by atoms with Gasteiger partial charge < -0.3 is 10.4 Å². The number of hydrogen-bond donors (Lipinski definition) is 2. The molecule has 0 aromatic carbocycles. The molecule has 2 aliphatic carbocycles. The molecule has 2 aliphatic rings. The average molecular weight is 257 g/mol. The SMILES string of the molecule is CSC(CO)C(C)NC(=O)C1C2CCCCC21. The Labute approximate surface area is 108 Å². The molecule has 98 valence electrons. The lowest BCUT2D eigenvalue weighted by Gasteiger charge is -2.21. The first-order valence-corrected chi connectivity index (χ1v) is 7.91. The van der Waals surface area contributed by atoms with Crippen molar-refractivity contribution in [2.45, 2.75) is 43.9 Å². The minimum atomic E-state index is 0.0603. The Kier molecular flexibility index (Phi) is 4.36. The standard InChI is InChI=1S/C13H23NO2S/c1-8(11(7-15)17-2)14-13(16)12-9-5-3-4-6-10(9)12/h8-12,15H,3-7H2,1-2H3,(H,14,16). The van der Waals surface area contributed by atoms with E-state index < -0.39 is 0 Å². The molecule has 2 rings (SSSR count). The van der Waals surface area contributed by atoms with Gasteiger partial charge >= 0.3 is 0 Å². The van der Waals surface area contributed by atoms with Crippen molar-refractivity contribution in [3.05, 3.63) is 0 Å². The van der Waals surface area contributed by atoms with Gasteiger partial charge in [0, 0.05) is 17.2 Å². The minimum Gasteiger partial charge on any atom is -0.395 e. The summed E-state index contributed by atoms with van der Waals surface area (Å²) in [6.45, 7) is 2.11. The maximum Gasteiger partial charge on any atom is 0.223 e. The van der Waals surface area contributed by atoms with Crippen molar-refractivity contribution in [3.63, 3.8) is 0 Å². The summed E-state index contributed by atoms with van der Waals surface area (Å²) in [4.78, 5) is 12.1. The summed E-state index contributed by atoms with van der Waals surface area (Å²) in [6, 6.07) is 0.0603. The van der Waals surface area contributed by atoms with Crippen LogP contribution in [0.4, 0.5) is 0 Å². The monoisotopic (exact) mass is 257 g/mol. The molecule has 0 heterocycles. The molecule has 0 aromatic heterocycles. The molecule has 4 heteroatoms. The van der Waals surface area contributed by atoms with Crippen LogP contribution < -0.4 is 5.32 Å². The van der Waals surface area contributed by atoms with Crippen LogP contribution in [-0.2, 0) is 4.79 Å². The van der Waals surface area contributed by atoms with Crippen molar-refractivity contribution >= 4 is 17.7 Å². The van der Waals surface area contributed by atoms with Crippen LogP contribution in [0.1, 0.15) is 32.6 Å². The summed E-state index contributed by atoms with van der Waals surface area (Å²) in [5.41, 5.74) is 0. The Morgan fingerprint density at radius 3 is 2.47 bits per heavy atom. The Morgan fingerprint density at radius 1 is 1.41 bits per heavy atom. The third-order valence-electron chi connectivity index (χ3n) is 4.37. The number of thioether (sulfide) groups is 1. The van der Waals surface area contributed by atoms with Crippen molar-refractivity contribution in [3.8, 4) is 0 Å². The van der Waals surface area contributed by atoms with E-state index in [4.69, 9.17) is 0 Å². The summed E-state index contributed by atoms with van der Waals surface area (Å²) in [7, 11) is 0. The van der Waals surface area contributed by atoms with Crippen molar-refractivity contribution in [2.24, 2.45) is 17.8 Å². The molecule has 2 saturated carbocycles. The molecule has 0 radical (unpaired) electrons. The first-order chi connectivity index (χ1) is 8.19. The summed E-state index contributed by atoms with van der Waals surface area (Å²) in [6.07, 6.45) is 7.04. The van der Waals surface area contributed by atoms with Gasteiger partial charge in [-0.05, 0) is 37.9 Å². The number of aliphatic hydroxyl groups excluding tert-OH is 1. The lowest BCUT2D eigenvalue weighted by atomic mass is 10.0. The molecule has 4 unspecified atom stereocenters. The third kappa shape index (κ3) is 2.79. The van der Waals surface area contributed by atoms with Gasteiger partial charge in [-0.3, -0.25) is 4.79 Å². The van der Waals surface area contributed by atoms with Crippen LogP contribution in [0.15, 0.2) is 0 Å². The Bertz CT molecular complexity index is 269. The second kappa shape index (κ2) is 5.61. The minimum absolute atomic E-state index is 0.0603. The van der Waals surface area contributed by atoms with Crippen LogP contribution in [0.3, 0.4) is 0 Å². The molecule has 17 heavy (non-hydrogen) atoms. The van der Waals surface area contributed by atoms with E-state index in [0.29, 0.717) is 11.8 Å². The highest BCUT2D eigenvalue weighted by Gasteiger charge is 2.54. The molecule has 0 bridgehead atoms. The quantitative estimate of drug-likeness (QED) is 0.787. The number of rotatable bonds is 5. The van der Waals surface area contributed by atoms with E-state index >= 15 is 0 Å². The van der Waals surface area contributed by atoms with E-state index in [9.17, 15) is 9.90 Å². The van der Waals surface area contributed by atoms with E-state index in [0.717, 1.165) is 0 Å². The molecule has 4 atom stereocenters. The van der Waals surface area contributed by atoms with Gasteiger partial charge in [-0.15, -0.1) is 0 Å². The zero-order chi connectivity index (χ0) is 12.4. The Hall–Kier alpha value is -0.220. The van der Waals surface area contributed by atoms with Gasteiger partial charge in [-0.1, -0.05) is 12.8 Å². The van der Waals surface area contributed by atoms with Gasteiger partial charge in [0.2, 0.25) is 5.91 Å². The van der Waals surface area contributed by atoms with Gasteiger partial charge in [-0.2, -0.15) is 11.8 Å². The van der Waals surface area contributed by atoms with Gasteiger partial charge in [0.15, 0.2) is 0 Å². The van der Waals surface area contributed by atoms with E-state index in [1.807, 2.05) is 13.2 Å². The molecular weight excluding hydrogens is 234 g/mol. The van der Waals surface area contributed by atoms with Gasteiger partial charge in [0.25, 0.3) is 0 Å². The second-order valence-electron chi connectivity index (χ2n) is 5.39. The van der Waals surface area contributed by atoms with Crippen LogP contribution in [0.5, 0.6) is 0 Å². The highest BCUT2D eigenvalue weighted by molar-refractivity contribution is 7.99. The predicted molar refractivity (Wildman–Crippen MR) is 70.9 cm³/mol. The predicted octanol–water partition coefficient (Wildman–Crippen LogP) is 1.65. The first-order valence-electron chi connectivity index (χ1n) is 6.63. The number of carbonyl (C=O) groups excluding carboxylic acids is 1. The lowest BCUT2D eigenvalue weighted by Crippen LogP contribution is -2.42. The summed E-state index contributed by atoms with van der Waals surface area (Å²) in [5.74, 6) is 1.83. The number of nitrogens with one attached hydrogen (secondary N) is 1. The Balaban J connectivity index is 1.81. The fourth-order valence-corrected chi connectivity index (χ4v) is 3.86. The molecule has 2 N–H and O–H groups in total. The summed E-state index contributed by atoms with van der Waals surface area (Å²) < 4.78 is 0. The fourth-order valence-electron chi connectivity index (χ4n) is 3.23. The molecule has 0 aromatic rings. The molecule has 0 spiro atoms. The van der Waals surface area contributed by atoms with E-state index in [2.05, 4.69) is 5.32 Å². The maximum absolute atomic E-state index is 12.1. The summed E-state index contributed by atoms with van der Waals surface area (Å²) >= 11 is 1.61. The maximum atomic E-state index is 12.1. The van der Waals surface area contributed by atoms with Crippen LogP contribution >= 0.6 is 11.8 Å². The fraction of sp³-hybridized carbons (Fsp3) is 0.923. The molecule has 2 fully saturated rings. The summed E-state index contributed by atoms with van der Waals surface area (Å²) in [5, 5.41) is 12.4. The molecular formula is C13H23NO2S. The zero-order valence-corrected chi connectivity index (χ0v) is 11.5. The van der Waals surface area contributed by atoms with Crippen LogP contribution in [0, 0.1) is 17.8 Å². The lowest BCUT2D eigenvalue weighted by molar-refractivity contribution is -0.123. The van der Waals surface area contributed by atoms with Crippen molar-refractivity contribution in [1.29, 1.82) is 0 Å². The number of amides is 1. The van der Waals surface area contributed by atoms with Crippen LogP contribution in [0.25, 0.3) is 0 Å². The van der Waals surface area contributed by atoms with E-state index in [1.165, 1.54) is 25.7 Å². The largest absolute Gasteiger partial charge is 0.395 e. The van der Waals surface area contributed by atoms with Gasteiger partial charge in [-0.25, -0.2) is 0 Å².